The number of nitrogens with zero attached hydrogens (tertiary/aromatic N) is 2. The lowest BCUT2D eigenvalue weighted by Crippen LogP contribution is -2.39. The van der Waals surface area contributed by atoms with Crippen LogP contribution in [0.5, 0.6) is 0 Å². The number of nitro groups is 1. The summed E-state index contributed by atoms with van der Waals surface area (Å²) in [6.45, 7) is 1.06. The maximum Gasteiger partial charge on any atom is 0.273 e. The van der Waals surface area contributed by atoms with Crippen LogP contribution in [0.3, 0.4) is 0 Å². The largest absolute Gasteiger partial charge is 0.324 e. The molecule has 162 valence electrons. The average molecular weight is 437 g/mol. The molecule has 1 aliphatic rings. The molecule has 32 heavy (non-hydrogen) atoms. The Bertz CT molecular complexity index is 1240. The summed E-state index contributed by atoms with van der Waals surface area (Å²) in [6.07, 6.45) is 0. The van der Waals surface area contributed by atoms with Crippen LogP contribution in [0.2, 0.25) is 0 Å². The normalized spacial score (nSPS) is 15.5. The molecule has 1 unspecified atom stereocenters. The van der Waals surface area contributed by atoms with Gasteiger partial charge < -0.3 is 10.2 Å². The first-order chi connectivity index (χ1) is 15.3. The molecule has 0 radical (unpaired) electrons. The van der Waals surface area contributed by atoms with Crippen LogP contribution in [0.25, 0.3) is 0 Å². The van der Waals surface area contributed by atoms with Gasteiger partial charge in [0.15, 0.2) is 0 Å². The van der Waals surface area contributed by atoms with Crippen LogP contribution in [0, 0.1) is 28.7 Å². The molecule has 0 saturated heterocycles. The molecule has 0 bridgehead atoms. The minimum atomic E-state index is -0.939. The Morgan fingerprint density at radius 3 is 2.47 bits per heavy atom. The highest BCUT2D eigenvalue weighted by Crippen LogP contribution is 2.37. The number of nitrogens with one attached hydrogen (secondary N) is 1. The van der Waals surface area contributed by atoms with Gasteiger partial charge in [0, 0.05) is 28.4 Å². The summed E-state index contributed by atoms with van der Waals surface area (Å²) in [5.74, 6) is -2.24. The molecule has 1 atom stereocenters. The number of carbonyl (C=O) groups is 2. The van der Waals surface area contributed by atoms with Gasteiger partial charge in [0.1, 0.15) is 18.2 Å². The summed E-state index contributed by atoms with van der Waals surface area (Å²) in [4.78, 5) is 38.1. The number of hydrogen-bond acceptors (Lipinski definition) is 4. The molecule has 1 N–H and O–H groups in total. The lowest BCUT2D eigenvalue weighted by molar-refractivity contribution is -0.385. The number of rotatable bonds is 3. The molecular formula is C23H17F2N3O4. The second-order valence-electron chi connectivity index (χ2n) is 7.37. The summed E-state index contributed by atoms with van der Waals surface area (Å²) in [7, 11) is 0. The molecule has 1 aliphatic heterocycles. The lowest BCUT2D eigenvalue weighted by Gasteiger charge is -2.31. The van der Waals surface area contributed by atoms with E-state index < -0.39 is 34.4 Å². The number of halogens is 2. The number of benzene rings is 3. The van der Waals surface area contributed by atoms with E-state index in [9.17, 15) is 28.5 Å². The molecule has 1 heterocycles. The minimum Gasteiger partial charge on any atom is -0.324 e. The van der Waals surface area contributed by atoms with Gasteiger partial charge in [-0.2, -0.15) is 0 Å². The Morgan fingerprint density at radius 2 is 1.78 bits per heavy atom. The van der Waals surface area contributed by atoms with Crippen molar-refractivity contribution in [3.05, 3.63) is 105 Å². The van der Waals surface area contributed by atoms with Crippen molar-refractivity contribution < 1.29 is 23.3 Å². The summed E-state index contributed by atoms with van der Waals surface area (Å²) in [5.41, 5.74) is 1.02. The highest BCUT2D eigenvalue weighted by Gasteiger charge is 2.35. The van der Waals surface area contributed by atoms with E-state index in [0.717, 1.165) is 0 Å². The average Bonchev–Trinajstić information content (AvgIpc) is 2.89. The van der Waals surface area contributed by atoms with Crippen LogP contribution in [-0.4, -0.2) is 28.2 Å². The Hall–Kier alpha value is -4.14. The number of amides is 2. The van der Waals surface area contributed by atoms with Gasteiger partial charge in [-0.1, -0.05) is 18.2 Å². The van der Waals surface area contributed by atoms with Crippen LogP contribution in [0.4, 0.5) is 20.2 Å². The number of fused-ring (bicyclic) bond motifs is 1. The number of nitro benzene ring substituents is 1. The highest BCUT2D eigenvalue weighted by atomic mass is 19.1. The monoisotopic (exact) mass is 437 g/mol. The Balaban J connectivity index is 1.91. The van der Waals surface area contributed by atoms with Crippen molar-refractivity contribution in [1.29, 1.82) is 0 Å². The van der Waals surface area contributed by atoms with E-state index in [-0.39, 0.29) is 23.4 Å². The molecular weight excluding hydrogens is 420 g/mol. The van der Waals surface area contributed by atoms with Crippen molar-refractivity contribution in [2.24, 2.45) is 0 Å². The van der Waals surface area contributed by atoms with E-state index in [1.165, 1.54) is 72.5 Å². The van der Waals surface area contributed by atoms with E-state index in [1.807, 2.05) is 0 Å². The van der Waals surface area contributed by atoms with Crippen molar-refractivity contribution >= 4 is 23.2 Å². The third-order valence-electron chi connectivity index (χ3n) is 5.39. The summed E-state index contributed by atoms with van der Waals surface area (Å²) in [5, 5.41) is 14.0. The van der Waals surface area contributed by atoms with Crippen LogP contribution in [0.15, 0.2) is 60.7 Å². The van der Waals surface area contributed by atoms with Crippen molar-refractivity contribution in [2.45, 2.75) is 13.0 Å². The third kappa shape index (κ3) is 3.80. The predicted octanol–water partition coefficient (Wildman–Crippen LogP) is 4.37. The van der Waals surface area contributed by atoms with E-state index in [0.29, 0.717) is 16.8 Å². The standard InChI is InChI=1S/C23H17F2N3O4/c1-13-17(3-2-4-20(13)28(31)32)23(30)27-12-21(29)26-19-10-9-16(25)11-18(19)22(27)14-5-7-15(24)8-6-14/h2-11,22H,12H2,1H3,(H,26,29). The number of carbonyl (C=O) groups excluding carboxylic acids is 2. The Labute approximate surface area is 181 Å². The summed E-state index contributed by atoms with van der Waals surface area (Å²) in [6, 6.07) is 12.2. The molecule has 2 amide bonds. The Morgan fingerprint density at radius 1 is 1.09 bits per heavy atom. The lowest BCUT2D eigenvalue weighted by atomic mass is 9.94. The fourth-order valence-electron chi connectivity index (χ4n) is 3.88. The quantitative estimate of drug-likeness (QED) is 0.487. The molecule has 0 spiro atoms. The number of hydrogen-bond donors (Lipinski definition) is 1. The first-order valence-electron chi connectivity index (χ1n) is 9.66. The first kappa shape index (κ1) is 21.1. The fraction of sp³-hybridized carbons (Fsp3) is 0.130. The topological polar surface area (TPSA) is 92.6 Å². The van der Waals surface area contributed by atoms with Gasteiger partial charge in [-0.3, -0.25) is 19.7 Å². The molecule has 0 fully saturated rings. The van der Waals surface area contributed by atoms with Gasteiger partial charge in [-0.05, 0) is 48.9 Å². The molecule has 3 aromatic carbocycles. The van der Waals surface area contributed by atoms with Gasteiger partial charge in [-0.25, -0.2) is 8.78 Å². The number of anilines is 1. The zero-order chi connectivity index (χ0) is 23.0. The highest BCUT2D eigenvalue weighted by molar-refractivity contribution is 6.02. The van der Waals surface area contributed by atoms with E-state index >= 15 is 0 Å². The summed E-state index contributed by atoms with van der Waals surface area (Å²) < 4.78 is 27.8. The first-order valence-corrected chi connectivity index (χ1v) is 9.66. The molecule has 7 nitrogen and oxygen atoms in total. The molecule has 3 aromatic rings. The second-order valence-corrected chi connectivity index (χ2v) is 7.37. The van der Waals surface area contributed by atoms with Gasteiger partial charge in [0.05, 0.1) is 11.0 Å². The van der Waals surface area contributed by atoms with Crippen molar-refractivity contribution in [2.75, 3.05) is 11.9 Å². The van der Waals surface area contributed by atoms with Crippen molar-refractivity contribution in [1.82, 2.24) is 4.90 Å². The van der Waals surface area contributed by atoms with E-state index in [1.54, 1.807) is 0 Å². The molecule has 0 saturated carbocycles. The second kappa shape index (κ2) is 8.18. The summed E-state index contributed by atoms with van der Waals surface area (Å²) >= 11 is 0. The predicted molar refractivity (Wildman–Crippen MR) is 112 cm³/mol. The minimum absolute atomic E-state index is 0.0407. The smallest absolute Gasteiger partial charge is 0.273 e. The SMILES string of the molecule is Cc1c(C(=O)N2CC(=O)Nc3ccc(F)cc3C2c2ccc(F)cc2)cccc1[N+](=O)[O-]. The third-order valence-corrected chi connectivity index (χ3v) is 5.39. The molecule has 0 aliphatic carbocycles. The van der Waals surface area contributed by atoms with Crippen LogP contribution < -0.4 is 5.32 Å². The van der Waals surface area contributed by atoms with Gasteiger partial charge in [0.2, 0.25) is 5.91 Å². The molecule has 9 heteroatoms. The van der Waals surface area contributed by atoms with Crippen LogP contribution in [0.1, 0.15) is 33.1 Å². The maximum atomic E-state index is 14.2. The molecule has 4 rings (SSSR count). The van der Waals surface area contributed by atoms with E-state index in [4.69, 9.17) is 0 Å². The van der Waals surface area contributed by atoms with Crippen molar-refractivity contribution in [3.63, 3.8) is 0 Å². The molecule has 0 aromatic heterocycles. The van der Waals surface area contributed by atoms with Gasteiger partial charge in [0.25, 0.3) is 11.6 Å². The van der Waals surface area contributed by atoms with Gasteiger partial charge >= 0.3 is 0 Å². The maximum absolute atomic E-state index is 14.2. The van der Waals surface area contributed by atoms with Crippen LogP contribution >= 0.6 is 0 Å². The Kier molecular flexibility index (Phi) is 5.40. The van der Waals surface area contributed by atoms with Crippen LogP contribution in [-0.2, 0) is 4.79 Å². The zero-order valence-electron chi connectivity index (χ0n) is 16.8. The zero-order valence-corrected chi connectivity index (χ0v) is 16.8. The fourth-order valence-corrected chi connectivity index (χ4v) is 3.88. The van der Waals surface area contributed by atoms with Crippen molar-refractivity contribution in [3.8, 4) is 0 Å². The van der Waals surface area contributed by atoms with E-state index in [2.05, 4.69) is 5.32 Å². The van der Waals surface area contributed by atoms with Gasteiger partial charge in [-0.15, -0.1) is 0 Å².